The van der Waals surface area contributed by atoms with Gasteiger partial charge in [0.1, 0.15) is 5.82 Å². The van der Waals surface area contributed by atoms with Crippen LogP contribution >= 0.6 is 0 Å². The molecule has 1 aromatic rings. The molecule has 0 bridgehead atoms. The molecule has 0 aromatic carbocycles. The molecule has 1 atom stereocenters. The van der Waals surface area contributed by atoms with Gasteiger partial charge in [0.25, 0.3) is 0 Å². The number of rotatable bonds is 5. The van der Waals surface area contributed by atoms with E-state index in [-0.39, 0.29) is 0 Å². The third-order valence-corrected chi connectivity index (χ3v) is 1.93. The Kier molecular flexibility index (Phi) is 4.19. The second kappa shape index (κ2) is 5.44. The van der Waals surface area contributed by atoms with Crippen LogP contribution in [0, 0.1) is 5.92 Å². The van der Waals surface area contributed by atoms with E-state index in [1.165, 1.54) is 0 Å². The third-order valence-electron chi connectivity index (χ3n) is 1.93. The fourth-order valence-electron chi connectivity index (χ4n) is 1.19. The first-order chi connectivity index (χ1) is 6.74. The van der Waals surface area contributed by atoms with Crippen LogP contribution in [-0.4, -0.2) is 25.2 Å². The van der Waals surface area contributed by atoms with Gasteiger partial charge in [0.15, 0.2) is 0 Å². The lowest BCUT2D eigenvalue weighted by atomic mass is 10.2. The molecule has 0 saturated heterocycles. The fourth-order valence-corrected chi connectivity index (χ4v) is 1.19. The van der Waals surface area contributed by atoms with E-state index >= 15 is 0 Å². The minimum absolute atomic E-state index is 0.458. The van der Waals surface area contributed by atoms with Crippen LogP contribution in [0.1, 0.15) is 6.92 Å². The summed E-state index contributed by atoms with van der Waals surface area (Å²) >= 11 is 0. The average molecular weight is 195 g/mol. The number of nitrogens with two attached hydrogens (primary N) is 1. The molecule has 0 spiro atoms. The second-order valence-corrected chi connectivity index (χ2v) is 3.38. The normalized spacial score (nSPS) is 12.4. The number of aromatic nitrogens is 1. The lowest BCUT2D eigenvalue weighted by Gasteiger charge is -2.13. The minimum Gasteiger partial charge on any atom is -0.384 e. The highest BCUT2D eigenvalue weighted by atomic mass is 16.5. The van der Waals surface area contributed by atoms with Crippen molar-refractivity contribution in [1.29, 1.82) is 0 Å². The molecular weight excluding hydrogens is 178 g/mol. The van der Waals surface area contributed by atoms with Crippen molar-refractivity contribution in [3.8, 4) is 0 Å². The zero-order valence-corrected chi connectivity index (χ0v) is 8.66. The van der Waals surface area contributed by atoms with Crippen LogP contribution < -0.4 is 11.1 Å². The number of nitrogen functional groups attached to an aromatic ring is 1. The summed E-state index contributed by atoms with van der Waals surface area (Å²) in [6.07, 6.45) is 1.68. The number of nitrogens with zero attached hydrogens (tertiary/aromatic N) is 1. The van der Waals surface area contributed by atoms with Crippen LogP contribution in [0.15, 0.2) is 18.3 Å². The van der Waals surface area contributed by atoms with E-state index in [2.05, 4.69) is 17.2 Å². The van der Waals surface area contributed by atoms with Crippen LogP contribution in [0.25, 0.3) is 0 Å². The number of pyridine rings is 1. The number of methoxy groups -OCH3 is 1. The summed E-state index contributed by atoms with van der Waals surface area (Å²) in [6, 6.07) is 3.78. The maximum atomic E-state index is 5.68. The maximum absolute atomic E-state index is 5.68. The van der Waals surface area contributed by atoms with Gasteiger partial charge in [-0.25, -0.2) is 4.98 Å². The highest BCUT2D eigenvalue weighted by molar-refractivity contribution is 5.60. The molecule has 1 unspecified atom stereocenters. The fraction of sp³-hybridized carbons (Fsp3) is 0.500. The highest BCUT2D eigenvalue weighted by Crippen LogP contribution is 2.13. The van der Waals surface area contributed by atoms with Gasteiger partial charge in [0.05, 0.1) is 12.3 Å². The quantitative estimate of drug-likeness (QED) is 0.744. The van der Waals surface area contributed by atoms with Gasteiger partial charge >= 0.3 is 0 Å². The van der Waals surface area contributed by atoms with E-state index < -0.39 is 0 Å². The molecule has 0 aliphatic carbocycles. The van der Waals surface area contributed by atoms with Crippen LogP contribution in [0.5, 0.6) is 0 Å². The highest BCUT2D eigenvalue weighted by Gasteiger charge is 2.02. The first-order valence-corrected chi connectivity index (χ1v) is 4.67. The zero-order valence-electron chi connectivity index (χ0n) is 8.66. The summed E-state index contributed by atoms with van der Waals surface area (Å²) in [6.45, 7) is 3.69. The summed E-state index contributed by atoms with van der Waals surface area (Å²) in [5.74, 6) is 0.997. The van der Waals surface area contributed by atoms with Crippen molar-refractivity contribution in [3.63, 3.8) is 0 Å². The molecule has 14 heavy (non-hydrogen) atoms. The van der Waals surface area contributed by atoms with Gasteiger partial charge < -0.3 is 15.8 Å². The van der Waals surface area contributed by atoms with E-state index in [0.29, 0.717) is 11.7 Å². The van der Waals surface area contributed by atoms with Crippen molar-refractivity contribution in [3.05, 3.63) is 18.3 Å². The molecule has 4 nitrogen and oxygen atoms in total. The van der Waals surface area contributed by atoms with Crippen molar-refractivity contribution in [2.75, 3.05) is 31.3 Å². The molecule has 0 saturated carbocycles. The molecule has 0 fully saturated rings. The number of ether oxygens (including phenoxy) is 1. The summed E-state index contributed by atoms with van der Waals surface area (Å²) in [5.41, 5.74) is 6.56. The van der Waals surface area contributed by atoms with Gasteiger partial charge in [-0.1, -0.05) is 6.92 Å². The molecule has 0 aliphatic rings. The molecule has 4 heteroatoms. The molecule has 1 rings (SSSR count). The van der Waals surface area contributed by atoms with Crippen LogP contribution in [0.4, 0.5) is 11.5 Å². The first kappa shape index (κ1) is 10.8. The number of nitrogens with one attached hydrogen (secondary N) is 1. The largest absolute Gasteiger partial charge is 0.384 e. The summed E-state index contributed by atoms with van der Waals surface area (Å²) < 4.78 is 5.04. The molecule has 0 aliphatic heterocycles. The van der Waals surface area contributed by atoms with Crippen molar-refractivity contribution in [1.82, 2.24) is 4.98 Å². The molecule has 0 radical (unpaired) electrons. The number of anilines is 2. The monoisotopic (exact) mass is 195 g/mol. The number of hydrogen-bond donors (Lipinski definition) is 2. The lowest BCUT2D eigenvalue weighted by molar-refractivity contribution is 0.164. The lowest BCUT2D eigenvalue weighted by Crippen LogP contribution is -2.16. The molecule has 0 amide bonds. The topological polar surface area (TPSA) is 60.2 Å². The van der Waals surface area contributed by atoms with Gasteiger partial charge in [-0.3, -0.25) is 0 Å². The Bertz CT molecular complexity index is 278. The van der Waals surface area contributed by atoms with Gasteiger partial charge in [-0.2, -0.15) is 0 Å². The van der Waals surface area contributed by atoms with E-state index in [4.69, 9.17) is 10.5 Å². The summed E-state index contributed by atoms with van der Waals surface area (Å²) in [7, 11) is 1.70. The smallest absolute Gasteiger partial charge is 0.146 e. The van der Waals surface area contributed by atoms with Gasteiger partial charge in [-0.05, 0) is 18.1 Å². The van der Waals surface area contributed by atoms with E-state index in [1.807, 2.05) is 12.1 Å². The Morgan fingerprint density at radius 2 is 2.43 bits per heavy atom. The molecule has 3 N–H and O–H groups in total. The Labute approximate surface area is 84.5 Å². The third kappa shape index (κ3) is 3.22. The summed E-state index contributed by atoms with van der Waals surface area (Å²) in [5, 5.41) is 3.23. The second-order valence-electron chi connectivity index (χ2n) is 3.38. The van der Waals surface area contributed by atoms with Crippen molar-refractivity contribution >= 4 is 11.5 Å². The van der Waals surface area contributed by atoms with Crippen molar-refractivity contribution in [2.45, 2.75) is 6.92 Å². The molecule has 1 aromatic heterocycles. The molecular formula is C10H17N3O. The van der Waals surface area contributed by atoms with Crippen LogP contribution in [-0.2, 0) is 4.74 Å². The van der Waals surface area contributed by atoms with E-state index in [1.54, 1.807) is 13.3 Å². The van der Waals surface area contributed by atoms with Crippen molar-refractivity contribution in [2.24, 2.45) is 5.92 Å². The zero-order chi connectivity index (χ0) is 10.4. The summed E-state index contributed by atoms with van der Waals surface area (Å²) in [4.78, 5) is 3.99. The Balaban J connectivity index is 2.41. The SMILES string of the molecule is COCC(C)CNc1cccnc1N. The van der Waals surface area contributed by atoms with Crippen LogP contribution in [0.2, 0.25) is 0 Å². The Hall–Kier alpha value is -1.29. The Morgan fingerprint density at radius 3 is 3.07 bits per heavy atom. The van der Waals surface area contributed by atoms with E-state index in [0.717, 1.165) is 18.8 Å². The minimum atomic E-state index is 0.458. The standard InChI is InChI=1S/C10H17N3O/c1-8(7-14-2)6-13-9-4-3-5-12-10(9)11/h3-5,8,13H,6-7H2,1-2H3,(H2,11,12). The molecule has 78 valence electrons. The predicted molar refractivity (Wildman–Crippen MR) is 58.2 cm³/mol. The van der Waals surface area contributed by atoms with Gasteiger partial charge in [-0.15, -0.1) is 0 Å². The number of hydrogen-bond acceptors (Lipinski definition) is 4. The van der Waals surface area contributed by atoms with Gasteiger partial charge in [0.2, 0.25) is 0 Å². The maximum Gasteiger partial charge on any atom is 0.146 e. The molecule has 1 heterocycles. The van der Waals surface area contributed by atoms with Gasteiger partial charge in [0, 0.05) is 19.9 Å². The van der Waals surface area contributed by atoms with E-state index in [9.17, 15) is 0 Å². The van der Waals surface area contributed by atoms with Crippen molar-refractivity contribution < 1.29 is 4.74 Å². The van der Waals surface area contributed by atoms with Crippen LogP contribution in [0.3, 0.4) is 0 Å². The average Bonchev–Trinajstić information content (AvgIpc) is 2.17. The first-order valence-electron chi connectivity index (χ1n) is 4.67. The Morgan fingerprint density at radius 1 is 1.64 bits per heavy atom. The predicted octanol–water partition coefficient (Wildman–Crippen LogP) is 1.36.